The molecule has 0 bridgehead atoms. The van der Waals surface area contributed by atoms with Crippen LogP contribution in [0.3, 0.4) is 0 Å². The summed E-state index contributed by atoms with van der Waals surface area (Å²) in [4.78, 5) is 14.5. The van der Waals surface area contributed by atoms with Crippen LogP contribution in [0.25, 0.3) is 0 Å². The molecule has 0 spiro atoms. The van der Waals surface area contributed by atoms with Crippen molar-refractivity contribution in [1.82, 2.24) is 0 Å². The van der Waals surface area contributed by atoms with Gasteiger partial charge in [0, 0.05) is 24.7 Å². The molecule has 1 fully saturated rings. The van der Waals surface area contributed by atoms with Crippen molar-refractivity contribution in [2.24, 2.45) is 5.92 Å². The van der Waals surface area contributed by atoms with Crippen LogP contribution in [0.4, 0.5) is 15.8 Å². The van der Waals surface area contributed by atoms with Gasteiger partial charge in [0.25, 0.3) is 0 Å². The van der Waals surface area contributed by atoms with Gasteiger partial charge in [-0.1, -0.05) is 38.1 Å². The molecular weight excluding hydrogens is 315 g/mol. The number of amides is 1. The van der Waals surface area contributed by atoms with Gasteiger partial charge in [-0.15, -0.1) is 0 Å². The molecule has 2 aromatic rings. The van der Waals surface area contributed by atoms with Crippen molar-refractivity contribution in [2.75, 3.05) is 23.3 Å². The Balaban J connectivity index is 1.55. The van der Waals surface area contributed by atoms with E-state index in [4.69, 9.17) is 0 Å². The number of para-hydroxylation sites is 1. The number of halogens is 1. The maximum atomic E-state index is 13.9. The number of nitrogens with zero attached hydrogens (tertiary/aromatic N) is 1. The molecule has 25 heavy (non-hydrogen) atoms. The number of hydrogen-bond donors (Lipinski definition) is 1. The fraction of sp³-hybridized carbons (Fsp3) is 0.381. The van der Waals surface area contributed by atoms with Gasteiger partial charge in [0.2, 0.25) is 5.91 Å². The average molecular weight is 340 g/mol. The molecule has 0 aliphatic carbocycles. The lowest BCUT2D eigenvalue weighted by molar-refractivity contribution is -0.120. The standard InChI is InChI=1S/C21H25FN2O/c1-15(2)16-7-9-18(10-8-16)23-21(25)17-11-13-24(14-12-17)20-6-4-3-5-19(20)22/h3-10,15,17H,11-14H2,1-2H3,(H,23,25). The fourth-order valence-electron chi connectivity index (χ4n) is 3.29. The summed E-state index contributed by atoms with van der Waals surface area (Å²) in [5.74, 6) is 0.321. The Hall–Kier alpha value is -2.36. The first kappa shape index (κ1) is 17.5. The van der Waals surface area contributed by atoms with Crippen molar-refractivity contribution < 1.29 is 9.18 Å². The summed E-state index contributed by atoms with van der Waals surface area (Å²) in [6.07, 6.45) is 1.48. The van der Waals surface area contributed by atoms with Crippen molar-refractivity contribution in [3.63, 3.8) is 0 Å². The van der Waals surface area contributed by atoms with Crippen LogP contribution in [0, 0.1) is 11.7 Å². The largest absolute Gasteiger partial charge is 0.369 e. The van der Waals surface area contributed by atoms with Gasteiger partial charge in [0.05, 0.1) is 5.69 Å². The van der Waals surface area contributed by atoms with Crippen LogP contribution in [-0.4, -0.2) is 19.0 Å². The van der Waals surface area contributed by atoms with Crippen LogP contribution >= 0.6 is 0 Å². The second kappa shape index (κ2) is 7.68. The van der Waals surface area contributed by atoms with Crippen molar-refractivity contribution in [3.8, 4) is 0 Å². The van der Waals surface area contributed by atoms with Gasteiger partial charge < -0.3 is 10.2 Å². The fourth-order valence-corrected chi connectivity index (χ4v) is 3.29. The summed E-state index contributed by atoms with van der Waals surface area (Å²) in [5, 5.41) is 3.01. The molecule has 0 aromatic heterocycles. The first-order chi connectivity index (χ1) is 12.0. The van der Waals surface area contributed by atoms with E-state index < -0.39 is 0 Å². The normalized spacial score (nSPS) is 15.4. The summed E-state index contributed by atoms with van der Waals surface area (Å²) in [5.41, 5.74) is 2.73. The summed E-state index contributed by atoms with van der Waals surface area (Å²) in [6.45, 7) is 5.70. The quantitative estimate of drug-likeness (QED) is 0.867. The van der Waals surface area contributed by atoms with E-state index in [-0.39, 0.29) is 17.6 Å². The Bertz CT molecular complexity index is 719. The molecule has 1 aliphatic heterocycles. The molecule has 0 radical (unpaired) electrons. The molecule has 0 atom stereocenters. The summed E-state index contributed by atoms with van der Waals surface area (Å²) in [6, 6.07) is 14.9. The molecule has 1 heterocycles. The van der Waals surface area contributed by atoms with Gasteiger partial charge in [0.15, 0.2) is 0 Å². The molecule has 0 saturated carbocycles. The minimum Gasteiger partial charge on any atom is -0.369 e. The number of benzene rings is 2. The zero-order valence-corrected chi connectivity index (χ0v) is 14.8. The lowest BCUT2D eigenvalue weighted by Gasteiger charge is -2.33. The van der Waals surface area contributed by atoms with Gasteiger partial charge in [-0.2, -0.15) is 0 Å². The minimum absolute atomic E-state index is 0.0206. The van der Waals surface area contributed by atoms with Crippen molar-refractivity contribution in [1.29, 1.82) is 0 Å². The number of rotatable bonds is 4. The van der Waals surface area contributed by atoms with Gasteiger partial charge in [-0.05, 0) is 48.6 Å². The minimum atomic E-state index is -0.198. The maximum absolute atomic E-state index is 13.9. The van der Waals surface area contributed by atoms with Gasteiger partial charge in [-0.25, -0.2) is 4.39 Å². The third kappa shape index (κ3) is 4.19. The molecule has 3 nitrogen and oxygen atoms in total. The zero-order chi connectivity index (χ0) is 17.8. The number of hydrogen-bond acceptors (Lipinski definition) is 2. The molecule has 1 saturated heterocycles. The molecular formula is C21H25FN2O. The highest BCUT2D eigenvalue weighted by Gasteiger charge is 2.26. The van der Waals surface area contributed by atoms with E-state index in [0.29, 0.717) is 24.7 Å². The van der Waals surface area contributed by atoms with Crippen LogP contribution in [0.15, 0.2) is 48.5 Å². The third-order valence-electron chi connectivity index (χ3n) is 4.90. The molecule has 4 heteroatoms. The summed E-state index contributed by atoms with van der Waals surface area (Å²) in [7, 11) is 0. The van der Waals surface area contributed by atoms with Gasteiger partial charge >= 0.3 is 0 Å². The van der Waals surface area contributed by atoms with E-state index in [1.807, 2.05) is 23.1 Å². The average Bonchev–Trinajstić information content (AvgIpc) is 2.63. The lowest BCUT2D eigenvalue weighted by Crippen LogP contribution is -2.38. The van der Waals surface area contributed by atoms with E-state index in [1.165, 1.54) is 11.6 Å². The van der Waals surface area contributed by atoms with E-state index in [1.54, 1.807) is 12.1 Å². The molecule has 2 aromatic carbocycles. The molecule has 0 unspecified atom stereocenters. The number of nitrogens with one attached hydrogen (secondary N) is 1. The van der Waals surface area contributed by atoms with Crippen LogP contribution < -0.4 is 10.2 Å². The highest BCUT2D eigenvalue weighted by atomic mass is 19.1. The topological polar surface area (TPSA) is 32.3 Å². The molecule has 132 valence electrons. The molecule has 1 aliphatic rings. The van der Waals surface area contributed by atoms with E-state index in [0.717, 1.165) is 18.5 Å². The number of piperidine rings is 1. The first-order valence-corrected chi connectivity index (χ1v) is 8.95. The van der Waals surface area contributed by atoms with Crippen molar-refractivity contribution in [2.45, 2.75) is 32.6 Å². The zero-order valence-electron chi connectivity index (χ0n) is 14.8. The predicted octanol–water partition coefficient (Wildman–Crippen LogP) is 4.80. The SMILES string of the molecule is CC(C)c1ccc(NC(=O)C2CCN(c3ccccc3F)CC2)cc1. The van der Waals surface area contributed by atoms with Crippen LogP contribution in [0.5, 0.6) is 0 Å². The highest BCUT2D eigenvalue weighted by molar-refractivity contribution is 5.92. The van der Waals surface area contributed by atoms with Crippen LogP contribution in [-0.2, 0) is 4.79 Å². The Morgan fingerprint density at radius 3 is 2.32 bits per heavy atom. The Labute approximate surface area is 148 Å². The molecule has 1 N–H and O–H groups in total. The van der Waals surface area contributed by atoms with Gasteiger partial charge in [0.1, 0.15) is 5.82 Å². The van der Waals surface area contributed by atoms with Crippen molar-refractivity contribution >= 4 is 17.3 Å². The maximum Gasteiger partial charge on any atom is 0.227 e. The molecule has 1 amide bonds. The summed E-state index contributed by atoms with van der Waals surface area (Å²) < 4.78 is 13.9. The second-order valence-corrected chi connectivity index (χ2v) is 6.98. The second-order valence-electron chi connectivity index (χ2n) is 6.98. The number of carbonyl (C=O) groups excluding carboxylic acids is 1. The lowest BCUT2D eigenvalue weighted by atomic mass is 9.95. The Morgan fingerprint density at radius 2 is 1.72 bits per heavy atom. The predicted molar refractivity (Wildman–Crippen MR) is 100 cm³/mol. The third-order valence-corrected chi connectivity index (χ3v) is 4.90. The monoisotopic (exact) mass is 340 g/mol. The van der Waals surface area contributed by atoms with Gasteiger partial charge in [-0.3, -0.25) is 4.79 Å². The smallest absolute Gasteiger partial charge is 0.227 e. The number of carbonyl (C=O) groups is 1. The number of anilines is 2. The Kier molecular flexibility index (Phi) is 5.37. The van der Waals surface area contributed by atoms with E-state index in [9.17, 15) is 9.18 Å². The van der Waals surface area contributed by atoms with E-state index in [2.05, 4.69) is 31.3 Å². The molecule has 3 rings (SSSR count). The van der Waals surface area contributed by atoms with Crippen LogP contribution in [0.2, 0.25) is 0 Å². The van der Waals surface area contributed by atoms with Crippen LogP contribution in [0.1, 0.15) is 38.2 Å². The summed E-state index contributed by atoms with van der Waals surface area (Å²) >= 11 is 0. The van der Waals surface area contributed by atoms with E-state index >= 15 is 0 Å². The highest BCUT2D eigenvalue weighted by Crippen LogP contribution is 2.26. The first-order valence-electron chi connectivity index (χ1n) is 8.95. The van der Waals surface area contributed by atoms with Crippen molar-refractivity contribution in [3.05, 3.63) is 59.9 Å². The Morgan fingerprint density at radius 1 is 1.08 bits per heavy atom.